The van der Waals surface area contributed by atoms with E-state index in [4.69, 9.17) is 17.3 Å². The number of hydrogen-bond donors (Lipinski definition) is 3. The van der Waals surface area contributed by atoms with Crippen LogP contribution in [0.4, 0.5) is 17.1 Å². The normalized spacial score (nSPS) is 10.8. The number of halogens is 1. The molecule has 0 heterocycles. The van der Waals surface area contributed by atoms with E-state index in [-0.39, 0.29) is 5.57 Å². The highest BCUT2D eigenvalue weighted by atomic mass is 35.5. The van der Waals surface area contributed by atoms with Gasteiger partial charge in [-0.15, -0.1) is 0 Å². The lowest BCUT2D eigenvalue weighted by atomic mass is 10.1. The summed E-state index contributed by atoms with van der Waals surface area (Å²) in [5.74, 6) is -0.488. The summed E-state index contributed by atoms with van der Waals surface area (Å²) in [7, 11) is 0. The second kappa shape index (κ2) is 7.53. The number of aryl methyl sites for hydroxylation is 2. The van der Waals surface area contributed by atoms with Gasteiger partial charge in [-0.2, -0.15) is 5.26 Å². The number of benzene rings is 2. The molecule has 2 aromatic rings. The van der Waals surface area contributed by atoms with Crippen molar-refractivity contribution >= 4 is 34.6 Å². The van der Waals surface area contributed by atoms with E-state index in [2.05, 4.69) is 10.6 Å². The number of rotatable bonds is 4. The SMILES string of the molecule is Cc1ccc(NC(=O)/C(C#N)=C\Nc2ccc(N)c(Cl)c2)c(C)c1. The summed E-state index contributed by atoms with van der Waals surface area (Å²) in [5, 5.41) is 15.2. The number of anilines is 3. The first kappa shape index (κ1) is 17.4. The van der Waals surface area contributed by atoms with E-state index in [0.29, 0.717) is 22.1 Å². The van der Waals surface area contributed by atoms with E-state index < -0.39 is 5.91 Å². The molecular formula is C18H17ClN4O. The molecule has 0 spiro atoms. The van der Waals surface area contributed by atoms with Crippen LogP contribution < -0.4 is 16.4 Å². The molecule has 2 aromatic carbocycles. The Morgan fingerprint density at radius 1 is 1.25 bits per heavy atom. The van der Waals surface area contributed by atoms with Gasteiger partial charge in [-0.05, 0) is 43.7 Å². The zero-order chi connectivity index (χ0) is 17.7. The van der Waals surface area contributed by atoms with Crippen LogP contribution in [0, 0.1) is 25.2 Å². The van der Waals surface area contributed by atoms with Crippen molar-refractivity contribution in [2.24, 2.45) is 0 Å². The number of carbonyl (C=O) groups is 1. The van der Waals surface area contributed by atoms with E-state index in [9.17, 15) is 10.1 Å². The number of nitriles is 1. The highest BCUT2D eigenvalue weighted by Gasteiger charge is 2.10. The third-order valence-corrected chi connectivity index (χ3v) is 3.71. The Hall–Kier alpha value is -2.97. The first-order valence-electron chi connectivity index (χ1n) is 7.21. The maximum Gasteiger partial charge on any atom is 0.267 e. The van der Waals surface area contributed by atoms with Crippen LogP contribution in [0.1, 0.15) is 11.1 Å². The second-order valence-corrected chi connectivity index (χ2v) is 5.73. The standard InChI is InChI=1S/C18H17ClN4O/c1-11-3-6-17(12(2)7-11)23-18(24)13(9-20)10-22-14-4-5-16(21)15(19)8-14/h3-8,10,22H,21H2,1-2H3,(H,23,24)/b13-10-. The quantitative estimate of drug-likeness (QED) is 0.445. The molecular weight excluding hydrogens is 324 g/mol. The topological polar surface area (TPSA) is 90.9 Å². The van der Waals surface area contributed by atoms with Crippen molar-refractivity contribution in [1.29, 1.82) is 5.26 Å². The molecule has 122 valence electrons. The third kappa shape index (κ3) is 4.28. The number of carbonyl (C=O) groups excluding carboxylic acids is 1. The van der Waals surface area contributed by atoms with Crippen molar-refractivity contribution < 1.29 is 4.79 Å². The van der Waals surface area contributed by atoms with Crippen molar-refractivity contribution in [2.75, 3.05) is 16.4 Å². The third-order valence-electron chi connectivity index (χ3n) is 3.38. The van der Waals surface area contributed by atoms with Gasteiger partial charge in [0, 0.05) is 17.6 Å². The number of amides is 1. The van der Waals surface area contributed by atoms with E-state index >= 15 is 0 Å². The minimum absolute atomic E-state index is 0.0528. The fourth-order valence-corrected chi connectivity index (χ4v) is 2.25. The largest absolute Gasteiger partial charge is 0.398 e. The zero-order valence-corrected chi connectivity index (χ0v) is 14.1. The highest BCUT2D eigenvalue weighted by molar-refractivity contribution is 6.33. The molecule has 4 N–H and O–H groups in total. The number of nitrogens with one attached hydrogen (secondary N) is 2. The Bertz CT molecular complexity index is 853. The summed E-state index contributed by atoms with van der Waals surface area (Å²) in [6.45, 7) is 3.87. The van der Waals surface area contributed by atoms with Crippen molar-refractivity contribution in [3.05, 3.63) is 64.3 Å². The van der Waals surface area contributed by atoms with Gasteiger partial charge in [0.15, 0.2) is 0 Å². The average Bonchev–Trinajstić information content (AvgIpc) is 2.54. The maximum atomic E-state index is 12.2. The van der Waals surface area contributed by atoms with Crippen LogP contribution >= 0.6 is 11.6 Å². The molecule has 6 heteroatoms. The Kier molecular flexibility index (Phi) is 5.46. The molecule has 1 amide bonds. The number of nitrogen functional groups attached to an aromatic ring is 1. The molecule has 0 aliphatic rings. The summed E-state index contributed by atoms with van der Waals surface area (Å²) < 4.78 is 0. The Morgan fingerprint density at radius 2 is 2.00 bits per heavy atom. The van der Waals surface area contributed by atoms with Gasteiger partial charge in [0.2, 0.25) is 0 Å². The van der Waals surface area contributed by atoms with Gasteiger partial charge in [-0.1, -0.05) is 29.3 Å². The van der Waals surface area contributed by atoms with Gasteiger partial charge in [0.1, 0.15) is 11.6 Å². The molecule has 0 atom stereocenters. The molecule has 0 fully saturated rings. The van der Waals surface area contributed by atoms with E-state index in [1.54, 1.807) is 18.2 Å². The van der Waals surface area contributed by atoms with Gasteiger partial charge < -0.3 is 16.4 Å². The minimum atomic E-state index is -0.488. The lowest BCUT2D eigenvalue weighted by Gasteiger charge is -2.09. The monoisotopic (exact) mass is 340 g/mol. The first-order valence-corrected chi connectivity index (χ1v) is 7.59. The molecule has 0 radical (unpaired) electrons. The summed E-state index contributed by atoms with van der Waals surface area (Å²) >= 11 is 5.93. The van der Waals surface area contributed by atoms with Crippen molar-refractivity contribution in [3.63, 3.8) is 0 Å². The predicted molar refractivity (Wildman–Crippen MR) is 97.7 cm³/mol. The molecule has 0 bridgehead atoms. The van der Waals surface area contributed by atoms with Crippen molar-refractivity contribution in [2.45, 2.75) is 13.8 Å². The molecule has 0 aliphatic heterocycles. The first-order chi connectivity index (χ1) is 11.4. The summed E-state index contributed by atoms with van der Waals surface area (Å²) in [4.78, 5) is 12.2. The van der Waals surface area contributed by atoms with Crippen LogP contribution in [0.15, 0.2) is 48.2 Å². The van der Waals surface area contributed by atoms with Crippen LogP contribution in [0.5, 0.6) is 0 Å². The number of hydrogen-bond acceptors (Lipinski definition) is 4. The van der Waals surface area contributed by atoms with E-state index in [1.165, 1.54) is 6.20 Å². The van der Waals surface area contributed by atoms with Crippen LogP contribution in [-0.4, -0.2) is 5.91 Å². The molecule has 5 nitrogen and oxygen atoms in total. The fraction of sp³-hybridized carbons (Fsp3) is 0.111. The van der Waals surface area contributed by atoms with E-state index in [1.807, 2.05) is 38.1 Å². The van der Waals surface area contributed by atoms with Gasteiger partial charge in [-0.25, -0.2) is 0 Å². The van der Waals surface area contributed by atoms with Crippen LogP contribution in [0.2, 0.25) is 5.02 Å². The summed E-state index contributed by atoms with van der Waals surface area (Å²) in [6, 6.07) is 12.5. The van der Waals surface area contributed by atoms with Crippen LogP contribution in [0.25, 0.3) is 0 Å². The van der Waals surface area contributed by atoms with Crippen LogP contribution in [-0.2, 0) is 4.79 Å². The Balaban J connectivity index is 2.13. The summed E-state index contributed by atoms with van der Waals surface area (Å²) in [5.41, 5.74) is 9.37. The van der Waals surface area contributed by atoms with Crippen LogP contribution in [0.3, 0.4) is 0 Å². The molecule has 0 aliphatic carbocycles. The molecule has 24 heavy (non-hydrogen) atoms. The Morgan fingerprint density at radius 3 is 2.62 bits per heavy atom. The lowest BCUT2D eigenvalue weighted by molar-refractivity contribution is -0.112. The van der Waals surface area contributed by atoms with E-state index in [0.717, 1.165) is 11.1 Å². The second-order valence-electron chi connectivity index (χ2n) is 5.32. The maximum absolute atomic E-state index is 12.2. The van der Waals surface area contributed by atoms with Gasteiger partial charge in [-0.3, -0.25) is 4.79 Å². The zero-order valence-electron chi connectivity index (χ0n) is 13.4. The minimum Gasteiger partial charge on any atom is -0.398 e. The molecule has 0 unspecified atom stereocenters. The number of nitrogens with two attached hydrogens (primary N) is 1. The number of nitrogens with zero attached hydrogens (tertiary/aromatic N) is 1. The highest BCUT2D eigenvalue weighted by Crippen LogP contribution is 2.23. The van der Waals surface area contributed by atoms with Gasteiger partial charge >= 0.3 is 0 Å². The smallest absolute Gasteiger partial charge is 0.267 e. The molecule has 0 saturated carbocycles. The molecule has 0 aromatic heterocycles. The Labute approximate surface area is 145 Å². The van der Waals surface area contributed by atoms with Gasteiger partial charge in [0.05, 0.1) is 10.7 Å². The predicted octanol–water partition coefficient (Wildman–Crippen LogP) is 4.00. The molecule has 0 saturated heterocycles. The molecule has 2 rings (SSSR count). The van der Waals surface area contributed by atoms with Gasteiger partial charge in [0.25, 0.3) is 5.91 Å². The summed E-state index contributed by atoms with van der Waals surface area (Å²) in [6.07, 6.45) is 1.33. The fourth-order valence-electron chi connectivity index (χ4n) is 2.06. The average molecular weight is 341 g/mol. The van der Waals surface area contributed by atoms with Crippen molar-refractivity contribution in [1.82, 2.24) is 0 Å². The van der Waals surface area contributed by atoms with Crippen molar-refractivity contribution in [3.8, 4) is 6.07 Å². The lowest BCUT2D eigenvalue weighted by Crippen LogP contribution is -2.15.